The summed E-state index contributed by atoms with van der Waals surface area (Å²) in [5.41, 5.74) is 6.45. The Bertz CT molecular complexity index is 382. The van der Waals surface area contributed by atoms with Crippen molar-refractivity contribution in [2.75, 3.05) is 5.32 Å². The minimum absolute atomic E-state index is 0.203. The number of pyridine rings is 1. The normalized spacial score (nSPS) is 13.3. The smallest absolute Gasteiger partial charge is 0.242 e. The molecule has 0 saturated heterocycles. The Hall–Kier alpha value is -1.42. The summed E-state index contributed by atoms with van der Waals surface area (Å²) in [6.07, 6.45) is 0. The molecule has 88 valence electrons. The topological polar surface area (TPSA) is 68.0 Å². The number of aromatic nitrogens is 1. The van der Waals surface area contributed by atoms with Gasteiger partial charge in [-0.15, -0.1) is 0 Å². The van der Waals surface area contributed by atoms with E-state index in [0.29, 0.717) is 5.82 Å². The van der Waals surface area contributed by atoms with Gasteiger partial charge >= 0.3 is 0 Å². The van der Waals surface area contributed by atoms with Gasteiger partial charge in [0.2, 0.25) is 5.91 Å². The van der Waals surface area contributed by atoms with E-state index in [0.717, 1.165) is 5.69 Å². The number of nitrogens with two attached hydrogens (primary N) is 1. The highest BCUT2D eigenvalue weighted by atomic mass is 16.2. The van der Waals surface area contributed by atoms with Gasteiger partial charge in [0.25, 0.3) is 0 Å². The molecule has 0 radical (unpaired) electrons. The lowest BCUT2D eigenvalue weighted by Crippen LogP contribution is -2.45. The molecule has 3 N–H and O–H groups in total. The third-order valence-electron chi connectivity index (χ3n) is 2.36. The van der Waals surface area contributed by atoms with Gasteiger partial charge in [0, 0.05) is 5.69 Å². The van der Waals surface area contributed by atoms with E-state index in [1.54, 1.807) is 6.07 Å². The Morgan fingerprint density at radius 1 is 1.44 bits per heavy atom. The summed E-state index contributed by atoms with van der Waals surface area (Å²) in [6.45, 7) is 7.67. The van der Waals surface area contributed by atoms with Gasteiger partial charge in [-0.2, -0.15) is 0 Å². The average Bonchev–Trinajstić information content (AvgIpc) is 2.15. The molecule has 0 aliphatic carbocycles. The molecule has 16 heavy (non-hydrogen) atoms. The van der Waals surface area contributed by atoms with Gasteiger partial charge < -0.3 is 11.1 Å². The van der Waals surface area contributed by atoms with Gasteiger partial charge in [0.15, 0.2) is 0 Å². The maximum atomic E-state index is 11.8. The zero-order chi connectivity index (χ0) is 12.3. The van der Waals surface area contributed by atoms with Crippen LogP contribution in [0.25, 0.3) is 0 Å². The molecule has 0 aromatic carbocycles. The number of amides is 1. The van der Waals surface area contributed by atoms with E-state index in [1.807, 2.05) is 39.8 Å². The molecule has 1 amide bonds. The summed E-state index contributed by atoms with van der Waals surface area (Å²) in [5.74, 6) is 0.343. The van der Waals surface area contributed by atoms with Gasteiger partial charge in [-0.1, -0.05) is 26.8 Å². The summed E-state index contributed by atoms with van der Waals surface area (Å²) in [4.78, 5) is 16.0. The molecular weight excluding hydrogens is 202 g/mol. The highest BCUT2D eigenvalue weighted by Crippen LogP contribution is 2.18. The Morgan fingerprint density at radius 2 is 2.06 bits per heavy atom. The monoisotopic (exact) mass is 221 g/mol. The maximum absolute atomic E-state index is 11.8. The van der Waals surface area contributed by atoms with Gasteiger partial charge in [-0.05, 0) is 24.5 Å². The van der Waals surface area contributed by atoms with Gasteiger partial charge in [-0.3, -0.25) is 4.79 Å². The minimum atomic E-state index is -0.546. The Kier molecular flexibility index (Phi) is 3.65. The Morgan fingerprint density at radius 3 is 2.56 bits per heavy atom. The molecule has 1 aromatic heterocycles. The van der Waals surface area contributed by atoms with E-state index in [-0.39, 0.29) is 11.3 Å². The molecule has 0 bridgehead atoms. The summed E-state index contributed by atoms with van der Waals surface area (Å²) < 4.78 is 0. The molecule has 4 heteroatoms. The Labute approximate surface area is 96.3 Å². The van der Waals surface area contributed by atoms with E-state index < -0.39 is 6.04 Å². The Balaban J connectivity index is 2.72. The lowest BCUT2D eigenvalue weighted by molar-refractivity contribution is -0.119. The molecule has 0 fully saturated rings. The van der Waals surface area contributed by atoms with E-state index >= 15 is 0 Å². The molecule has 1 aromatic rings. The standard InChI is InChI=1S/C12H19N3O/c1-8-6-5-7-9(14-8)15-11(16)10(13)12(2,3)4/h5-7,10H,13H2,1-4H3,(H,14,15,16). The van der Waals surface area contributed by atoms with Crippen molar-refractivity contribution in [2.24, 2.45) is 11.1 Å². The van der Waals surface area contributed by atoms with E-state index in [2.05, 4.69) is 10.3 Å². The van der Waals surface area contributed by atoms with Crippen molar-refractivity contribution >= 4 is 11.7 Å². The van der Waals surface area contributed by atoms with Gasteiger partial charge in [0.05, 0.1) is 6.04 Å². The highest BCUT2D eigenvalue weighted by Gasteiger charge is 2.27. The quantitative estimate of drug-likeness (QED) is 0.798. The zero-order valence-electron chi connectivity index (χ0n) is 10.2. The number of nitrogens with zero attached hydrogens (tertiary/aromatic N) is 1. The number of rotatable bonds is 2. The molecule has 1 rings (SSSR count). The predicted molar refractivity (Wildman–Crippen MR) is 65.0 cm³/mol. The van der Waals surface area contributed by atoms with Crippen LogP contribution in [-0.2, 0) is 4.79 Å². The second kappa shape index (κ2) is 4.61. The first-order chi connectivity index (χ1) is 7.30. The number of hydrogen-bond acceptors (Lipinski definition) is 3. The third kappa shape index (κ3) is 3.31. The molecular formula is C12H19N3O. The van der Waals surface area contributed by atoms with Crippen molar-refractivity contribution in [3.63, 3.8) is 0 Å². The van der Waals surface area contributed by atoms with E-state index in [1.165, 1.54) is 0 Å². The fourth-order valence-electron chi connectivity index (χ4n) is 1.21. The van der Waals surface area contributed by atoms with Crippen LogP contribution in [0.2, 0.25) is 0 Å². The SMILES string of the molecule is Cc1cccc(NC(=O)C(N)C(C)(C)C)n1. The second-order valence-electron chi connectivity index (χ2n) is 5.00. The first kappa shape index (κ1) is 12.6. The zero-order valence-corrected chi connectivity index (χ0v) is 10.2. The van der Waals surface area contributed by atoms with Crippen LogP contribution in [0, 0.1) is 12.3 Å². The van der Waals surface area contributed by atoms with Crippen molar-refractivity contribution in [3.8, 4) is 0 Å². The van der Waals surface area contributed by atoms with Crippen molar-refractivity contribution in [3.05, 3.63) is 23.9 Å². The van der Waals surface area contributed by atoms with Crippen LogP contribution in [-0.4, -0.2) is 16.9 Å². The fraction of sp³-hybridized carbons (Fsp3) is 0.500. The summed E-state index contributed by atoms with van der Waals surface area (Å²) >= 11 is 0. The van der Waals surface area contributed by atoms with Crippen molar-refractivity contribution in [2.45, 2.75) is 33.7 Å². The number of aryl methyl sites for hydroxylation is 1. The fourth-order valence-corrected chi connectivity index (χ4v) is 1.21. The van der Waals surface area contributed by atoms with Crippen LogP contribution in [0.4, 0.5) is 5.82 Å². The molecule has 0 spiro atoms. The van der Waals surface area contributed by atoms with E-state index in [9.17, 15) is 4.79 Å². The summed E-state index contributed by atoms with van der Waals surface area (Å²) in [5, 5.41) is 2.71. The van der Waals surface area contributed by atoms with Crippen LogP contribution in [0.1, 0.15) is 26.5 Å². The van der Waals surface area contributed by atoms with Crippen LogP contribution < -0.4 is 11.1 Å². The van der Waals surface area contributed by atoms with E-state index in [4.69, 9.17) is 5.73 Å². The van der Waals surface area contributed by atoms with Gasteiger partial charge in [0.1, 0.15) is 5.82 Å². The van der Waals surface area contributed by atoms with Gasteiger partial charge in [-0.25, -0.2) is 4.98 Å². The van der Waals surface area contributed by atoms with Crippen LogP contribution in [0.15, 0.2) is 18.2 Å². The predicted octanol–water partition coefficient (Wildman–Crippen LogP) is 1.70. The molecule has 1 unspecified atom stereocenters. The molecule has 1 heterocycles. The number of hydrogen-bond donors (Lipinski definition) is 2. The number of anilines is 1. The molecule has 4 nitrogen and oxygen atoms in total. The average molecular weight is 221 g/mol. The van der Waals surface area contributed by atoms with Crippen LogP contribution >= 0.6 is 0 Å². The summed E-state index contributed by atoms with van der Waals surface area (Å²) in [7, 11) is 0. The third-order valence-corrected chi connectivity index (χ3v) is 2.36. The lowest BCUT2D eigenvalue weighted by Gasteiger charge is -2.25. The van der Waals surface area contributed by atoms with Crippen molar-refractivity contribution in [1.29, 1.82) is 0 Å². The first-order valence-corrected chi connectivity index (χ1v) is 5.31. The molecule has 0 aliphatic heterocycles. The second-order valence-corrected chi connectivity index (χ2v) is 5.00. The lowest BCUT2D eigenvalue weighted by atomic mass is 9.87. The molecule has 1 atom stereocenters. The van der Waals surface area contributed by atoms with Crippen molar-refractivity contribution in [1.82, 2.24) is 4.98 Å². The molecule has 0 saturated carbocycles. The number of nitrogens with one attached hydrogen (secondary N) is 1. The van der Waals surface area contributed by atoms with Crippen molar-refractivity contribution < 1.29 is 4.79 Å². The number of carbonyl (C=O) groups is 1. The first-order valence-electron chi connectivity index (χ1n) is 5.31. The van der Waals surface area contributed by atoms with Crippen LogP contribution in [0.5, 0.6) is 0 Å². The highest BCUT2D eigenvalue weighted by molar-refractivity contribution is 5.94. The minimum Gasteiger partial charge on any atom is -0.319 e. The van der Waals surface area contributed by atoms with Crippen LogP contribution in [0.3, 0.4) is 0 Å². The number of carbonyl (C=O) groups excluding carboxylic acids is 1. The molecule has 0 aliphatic rings. The maximum Gasteiger partial charge on any atom is 0.242 e. The largest absolute Gasteiger partial charge is 0.319 e. The summed E-state index contributed by atoms with van der Waals surface area (Å²) in [6, 6.07) is 4.93.